The van der Waals surface area contributed by atoms with Crippen LogP contribution in [-0.2, 0) is 0 Å². The second-order valence-corrected chi connectivity index (χ2v) is 3.67. The zero-order valence-electron chi connectivity index (χ0n) is 7.05. The molecule has 0 saturated carbocycles. The van der Waals surface area contributed by atoms with Crippen LogP contribution in [-0.4, -0.2) is 10.5 Å². The van der Waals surface area contributed by atoms with Gasteiger partial charge in [-0.25, -0.2) is 0 Å². The summed E-state index contributed by atoms with van der Waals surface area (Å²) in [7, 11) is 0. The van der Waals surface area contributed by atoms with Crippen LogP contribution in [0, 0.1) is 16.0 Å². The predicted molar refractivity (Wildman–Crippen MR) is 40.5 cm³/mol. The van der Waals surface area contributed by atoms with Crippen molar-refractivity contribution in [2.24, 2.45) is 5.92 Å². The first-order valence-corrected chi connectivity index (χ1v) is 3.51. The Labute approximate surface area is 61.6 Å². The summed E-state index contributed by atoms with van der Waals surface area (Å²) in [6.07, 6.45) is 0.639. The second kappa shape index (κ2) is 2.99. The third-order valence-electron chi connectivity index (χ3n) is 1.40. The van der Waals surface area contributed by atoms with Crippen molar-refractivity contribution in [3.05, 3.63) is 10.1 Å². The molecule has 0 fully saturated rings. The maximum Gasteiger partial charge on any atom is 0.217 e. The van der Waals surface area contributed by atoms with Crippen LogP contribution in [0.25, 0.3) is 0 Å². The van der Waals surface area contributed by atoms with Crippen molar-refractivity contribution in [1.82, 2.24) is 0 Å². The fraction of sp³-hybridized carbons (Fsp3) is 1.00. The zero-order valence-corrected chi connectivity index (χ0v) is 7.05. The standard InChI is InChI=1S/C7H15NO2/c1-6(2)5-7(3,4)8(9)10/h6H,5H2,1-4H3. The molecule has 10 heavy (non-hydrogen) atoms. The van der Waals surface area contributed by atoms with Gasteiger partial charge in [-0.3, -0.25) is 10.1 Å². The highest BCUT2D eigenvalue weighted by Gasteiger charge is 2.30. The van der Waals surface area contributed by atoms with Gasteiger partial charge in [-0.2, -0.15) is 0 Å². The number of nitro groups is 1. The molecule has 0 radical (unpaired) electrons. The monoisotopic (exact) mass is 145 g/mol. The highest BCUT2D eigenvalue weighted by molar-refractivity contribution is 4.68. The van der Waals surface area contributed by atoms with E-state index in [2.05, 4.69) is 0 Å². The van der Waals surface area contributed by atoms with Crippen LogP contribution < -0.4 is 0 Å². The summed E-state index contributed by atoms with van der Waals surface area (Å²) < 4.78 is 0. The topological polar surface area (TPSA) is 43.1 Å². The van der Waals surface area contributed by atoms with Crippen LogP contribution >= 0.6 is 0 Å². The fourth-order valence-electron chi connectivity index (χ4n) is 1.07. The highest BCUT2D eigenvalue weighted by Crippen LogP contribution is 2.18. The molecule has 0 unspecified atom stereocenters. The SMILES string of the molecule is CC(C)CC(C)(C)[N+](=O)[O-]. The summed E-state index contributed by atoms with van der Waals surface area (Å²) in [5.74, 6) is 0.389. The molecule has 0 bridgehead atoms. The summed E-state index contributed by atoms with van der Waals surface area (Å²) in [5.41, 5.74) is -0.756. The highest BCUT2D eigenvalue weighted by atomic mass is 16.6. The van der Waals surface area contributed by atoms with E-state index in [9.17, 15) is 10.1 Å². The predicted octanol–water partition coefficient (Wildman–Crippen LogP) is 2.09. The molecule has 0 aliphatic carbocycles. The number of nitrogens with zero attached hydrogens (tertiary/aromatic N) is 1. The van der Waals surface area contributed by atoms with Crippen LogP contribution in [0.2, 0.25) is 0 Å². The van der Waals surface area contributed by atoms with Gasteiger partial charge < -0.3 is 0 Å². The molecule has 0 amide bonds. The lowest BCUT2D eigenvalue weighted by atomic mass is 9.94. The first-order chi connectivity index (χ1) is 4.36. The van der Waals surface area contributed by atoms with Crippen molar-refractivity contribution >= 4 is 0 Å². The summed E-state index contributed by atoms with van der Waals surface area (Å²) in [6.45, 7) is 7.30. The van der Waals surface area contributed by atoms with Crippen molar-refractivity contribution < 1.29 is 4.92 Å². The Kier molecular flexibility index (Phi) is 2.81. The largest absolute Gasteiger partial charge is 0.264 e. The lowest BCUT2D eigenvalue weighted by molar-refractivity contribution is -0.562. The van der Waals surface area contributed by atoms with E-state index in [1.807, 2.05) is 13.8 Å². The van der Waals surface area contributed by atoms with Crippen LogP contribution in [0.5, 0.6) is 0 Å². The van der Waals surface area contributed by atoms with E-state index < -0.39 is 5.54 Å². The molecular formula is C7H15NO2. The van der Waals surface area contributed by atoms with E-state index in [0.29, 0.717) is 12.3 Å². The molecule has 0 aliphatic rings. The molecule has 60 valence electrons. The molecule has 0 atom stereocenters. The van der Waals surface area contributed by atoms with E-state index in [1.165, 1.54) is 0 Å². The third kappa shape index (κ3) is 2.80. The Bertz CT molecular complexity index is 130. The third-order valence-corrected chi connectivity index (χ3v) is 1.40. The minimum Gasteiger partial charge on any atom is -0.264 e. The number of hydrogen-bond acceptors (Lipinski definition) is 2. The molecule has 3 heteroatoms. The quantitative estimate of drug-likeness (QED) is 0.450. The first-order valence-electron chi connectivity index (χ1n) is 3.51. The Hall–Kier alpha value is -0.600. The zero-order chi connectivity index (χ0) is 8.36. The van der Waals surface area contributed by atoms with E-state index in [4.69, 9.17) is 0 Å². The van der Waals surface area contributed by atoms with Crippen molar-refractivity contribution in [2.75, 3.05) is 0 Å². The average Bonchev–Trinajstić information content (AvgIpc) is 1.60. The van der Waals surface area contributed by atoms with E-state index >= 15 is 0 Å². The Morgan fingerprint density at radius 1 is 1.50 bits per heavy atom. The molecule has 0 aromatic heterocycles. The van der Waals surface area contributed by atoms with Gasteiger partial charge in [0.15, 0.2) is 0 Å². The molecule has 3 nitrogen and oxygen atoms in total. The van der Waals surface area contributed by atoms with Crippen LogP contribution in [0.1, 0.15) is 34.1 Å². The molecule has 0 saturated heterocycles. The normalized spacial score (nSPS) is 12.1. The maximum absolute atomic E-state index is 10.4. The van der Waals surface area contributed by atoms with Crippen LogP contribution in [0.15, 0.2) is 0 Å². The summed E-state index contributed by atoms with van der Waals surface area (Å²) in [6, 6.07) is 0. The van der Waals surface area contributed by atoms with E-state index in [-0.39, 0.29) is 4.92 Å². The molecule has 0 aromatic rings. The van der Waals surface area contributed by atoms with Crippen molar-refractivity contribution in [3.63, 3.8) is 0 Å². The summed E-state index contributed by atoms with van der Waals surface area (Å²) in [4.78, 5) is 10.1. The van der Waals surface area contributed by atoms with Gasteiger partial charge >= 0.3 is 0 Å². The molecular weight excluding hydrogens is 130 g/mol. The van der Waals surface area contributed by atoms with Crippen molar-refractivity contribution in [3.8, 4) is 0 Å². The molecule has 0 rings (SSSR count). The average molecular weight is 145 g/mol. The minimum absolute atomic E-state index is 0.215. The van der Waals surface area contributed by atoms with Crippen LogP contribution in [0.3, 0.4) is 0 Å². The molecule has 0 heterocycles. The van der Waals surface area contributed by atoms with Gasteiger partial charge in [0.2, 0.25) is 5.54 Å². The lowest BCUT2D eigenvalue weighted by Gasteiger charge is -2.16. The molecule has 0 spiro atoms. The number of hydrogen-bond donors (Lipinski definition) is 0. The Balaban J connectivity index is 4.00. The smallest absolute Gasteiger partial charge is 0.217 e. The lowest BCUT2D eigenvalue weighted by Crippen LogP contribution is -2.32. The van der Waals surface area contributed by atoms with Crippen molar-refractivity contribution in [2.45, 2.75) is 39.7 Å². The molecule has 0 aliphatic heterocycles. The van der Waals surface area contributed by atoms with Crippen LogP contribution in [0.4, 0.5) is 0 Å². The van der Waals surface area contributed by atoms with Gasteiger partial charge in [0, 0.05) is 25.2 Å². The van der Waals surface area contributed by atoms with Gasteiger partial charge in [-0.15, -0.1) is 0 Å². The Morgan fingerprint density at radius 2 is 1.90 bits per heavy atom. The minimum atomic E-state index is -0.756. The summed E-state index contributed by atoms with van der Waals surface area (Å²) >= 11 is 0. The van der Waals surface area contributed by atoms with Gasteiger partial charge in [0.1, 0.15) is 0 Å². The second-order valence-electron chi connectivity index (χ2n) is 3.67. The van der Waals surface area contributed by atoms with E-state index in [0.717, 1.165) is 0 Å². The van der Waals surface area contributed by atoms with Crippen molar-refractivity contribution in [1.29, 1.82) is 0 Å². The number of rotatable bonds is 3. The van der Waals surface area contributed by atoms with E-state index in [1.54, 1.807) is 13.8 Å². The van der Waals surface area contributed by atoms with Gasteiger partial charge in [-0.05, 0) is 5.92 Å². The molecule has 0 aromatic carbocycles. The summed E-state index contributed by atoms with van der Waals surface area (Å²) in [5, 5.41) is 10.4. The first kappa shape index (κ1) is 9.40. The van der Waals surface area contributed by atoms with Gasteiger partial charge in [0.25, 0.3) is 0 Å². The Morgan fingerprint density at radius 3 is 2.00 bits per heavy atom. The maximum atomic E-state index is 10.4. The van der Waals surface area contributed by atoms with Gasteiger partial charge in [-0.1, -0.05) is 13.8 Å². The van der Waals surface area contributed by atoms with Gasteiger partial charge in [0.05, 0.1) is 0 Å². The molecule has 0 N–H and O–H groups in total. The fourth-order valence-corrected chi connectivity index (χ4v) is 1.07.